The Morgan fingerprint density at radius 2 is 2.16 bits per heavy atom. The molecule has 0 amide bonds. The minimum atomic E-state index is -0.785. The number of nitrogens with zero attached hydrogens (tertiary/aromatic N) is 2. The Bertz CT molecular complexity index is 602. The summed E-state index contributed by atoms with van der Waals surface area (Å²) >= 11 is 0. The number of fused-ring (bicyclic) bond motifs is 1. The van der Waals surface area contributed by atoms with Crippen LogP contribution in [0, 0.1) is 0 Å². The van der Waals surface area contributed by atoms with E-state index in [0.29, 0.717) is 6.42 Å². The van der Waals surface area contributed by atoms with Gasteiger partial charge in [0.1, 0.15) is 11.5 Å². The Hall–Kier alpha value is -1.91. The highest BCUT2D eigenvalue weighted by Gasteiger charge is 2.14. The number of rotatable bonds is 5. The predicted octanol–water partition coefficient (Wildman–Crippen LogP) is 2.66. The lowest BCUT2D eigenvalue weighted by Crippen LogP contribution is -2.03. The summed E-state index contributed by atoms with van der Waals surface area (Å²) in [4.78, 5) is 22.9. The minimum absolute atomic E-state index is 0.127. The molecule has 102 valence electrons. The van der Waals surface area contributed by atoms with E-state index >= 15 is 0 Å². The van der Waals surface area contributed by atoms with E-state index in [1.54, 1.807) is 0 Å². The van der Waals surface area contributed by atoms with E-state index in [1.807, 2.05) is 6.20 Å². The maximum atomic E-state index is 10.7. The number of aromatic amines is 1. The maximum absolute atomic E-state index is 10.7. The first-order chi connectivity index (χ1) is 9.02. The number of hydrogen-bond donors (Lipinski definition) is 2. The monoisotopic (exact) mass is 261 g/mol. The van der Waals surface area contributed by atoms with Crippen molar-refractivity contribution < 1.29 is 9.90 Å². The summed E-state index contributed by atoms with van der Waals surface area (Å²) in [5.74, 6) is 0.323. The van der Waals surface area contributed by atoms with Crippen LogP contribution in [0.1, 0.15) is 50.2 Å². The van der Waals surface area contributed by atoms with Gasteiger partial charge in [0.25, 0.3) is 0 Å². The molecule has 0 spiro atoms. The number of aromatic nitrogens is 3. The van der Waals surface area contributed by atoms with Crippen molar-refractivity contribution in [2.24, 2.45) is 0 Å². The molecule has 2 N–H and O–H groups in total. The number of carboxylic acid groups (broad SMARTS) is 1. The third kappa shape index (κ3) is 2.75. The molecule has 0 fully saturated rings. The fourth-order valence-corrected chi connectivity index (χ4v) is 2.15. The van der Waals surface area contributed by atoms with E-state index in [0.717, 1.165) is 34.5 Å². The number of H-pyrrole nitrogens is 1. The molecule has 0 aromatic carbocycles. The van der Waals surface area contributed by atoms with Crippen molar-refractivity contribution >= 4 is 17.0 Å². The zero-order valence-electron chi connectivity index (χ0n) is 11.5. The topological polar surface area (TPSA) is 78.9 Å². The number of hydrogen-bond acceptors (Lipinski definition) is 3. The summed E-state index contributed by atoms with van der Waals surface area (Å²) < 4.78 is 0. The molecule has 2 rings (SSSR count). The molecule has 0 bridgehead atoms. The number of carbonyl (C=O) groups is 1. The average Bonchev–Trinajstić information content (AvgIpc) is 2.78. The van der Waals surface area contributed by atoms with E-state index in [9.17, 15) is 4.79 Å². The first-order valence-corrected chi connectivity index (χ1v) is 6.61. The summed E-state index contributed by atoms with van der Waals surface area (Å²) in [6.07, 6.45) is 3.30. The molecule has 5 nitrogen and oxygen atoms in total. The van der Waals surface area contributed by atoms with Crippen molar-refractivity contribution in [1.29, 1.82) is 0 Å². The van der Waals surface area contributed by atoms with E-state index < -0.39 is 5.97 Å². The molecule has 0 aliphatic carbocycles. The van der Waals surface area contributed by atoms with Crippen molar-refractivity contribution in [2.75, 3.05) is 0 Å². The lowest BCUT2D eigenvalue weighted by Gasteiger charge is -2.08. The molecule has 0 saturated carbocycles. The summed E-state index contributed by atoms with van der Waals surface area (Å²) in [5.41, 5.74) is 2.80. The van der Waals surface area contributed by atoms with Gasteiger partial charge in [0, 0.05) is 23.9 Å². The van der Waals surface area contributed by atoms with Crippen LogP contribution < -0.4 is 0 Å². The molecule has 0 saturated heterocycles. The molecule has 2 aromatic rings. The normalized spacial score (nSPS) is 11.4. The highest BCUT2D eigenvalue weighted by atomic mass is 16.4. The van der Waals surface area contributed by atoms with Gasteiger partial charge in [0.05, 0.1) is 5.69 Å². The molecule has 2 aromatic heterocycles. The molecule has 19 heavy (non-hydrogen) atoms. The fourth-order valence-electron chi connectivity index (χ4n) is 2.15. The second-order valence-corrected chi connectivity index (χ2v) is 4.97. The van der Waals surface area contributed by atoms with Crippen molar-refractivity contribution in [3.8, 4) is 0 Å². The van der Waals surface area contributed by atoms with Gasteiger partial charge >= 0.3 is 5.97 Å². The van der Waals surface area contributed by atoms with Crippen molar-refractivity contribution in [3.63, 3.8) is 0 Å². The van der Waals surface area contributed by atoms with E-state index in [1.165, 1.54) is 0 Å². The van der Waals surface area contributed by atoms with Crippen LogP contribution in [0.3, 0.4) is 0 Å². The van der Waals surface area contributed by atoms with E-state index in [2.05, 4.69) is 35.7 Å². The van der Waals surface area contributed by atoms with Crippen molar-refractivity contribution in [1.82, 2.24) is 15.0 Å². The highest BCUT2D eigenvalue weighted by molar-refractivity contribution is 5.83. The Morgan fingerprint density at radius 1 is 1.42 bits per heavy atom. The zero-order chi connectivity index (χ0) is 14.0. The van der Waals surface area contributed by atoms with Crippen LogP contribution in [0.4, 0.5) is 0 Å². The molecular weight excluding hydrogens is 242 g/mol. The van der Waals surface area contributed by atoms with Crippen LogP contribution >= 0.6 is 0 Å². The van der Waals surface area contributed by atoms with Gasteiger partial charge < -0.3 is 10.1 Å². The highest BCUT2D eigenvalue weighted by Crippen LogP contribution is 2.24. The van der Waals surface area contributed by atoms with Gasteiger partial charge in [0.15, 0.2) is 0 Å². The van der Waals surface area contributed by atoms with Gasteiger partial charge in [-0.15, -0.1) is 0 Å². The number of aliphatic carboxylic acids is 1. The molecule has 5 heteroatoms. The van der Waals surface area contributed by atoms with Crippen LogP contribution in [0.25, 0.3) is 11.0 Å². The second kappa shape index (κ2) is 5.38. The van der Waals surface area contributed by atoms with Gasteiger partial charge in [0.2, 0.25) is 0 Å². The first-order valence-electron chi connectivity index (χ1n) is 6.61. The van der Waals surface area contributed by atoms with Gasteiger partial charge in [-0.3, -0.25) is 4.79 Å². The molecule has 0 atom stereocenters. The zero-order valence-corrected chi connectivity index (χ0v) is 11.5. The van der Waals surface area contributed by atoms with Crippen LogP contribution in [-0.2, 0) is 17.6 Å². The molecule has 0 aliphatic rings. The number of carboxylic acids is 1. The Labute approximate surface area is 112 Å². The Kier molecular flexibility index (Phi) is 3.83. The fraction of sp³-hybridized carbons (Fsp3) is 0.500. The van der Waals surface area contributed by atoms with E-state index in [-0.39, 0.29) is 12.3 Å². The lowest BCUT2D eigenvalue weighted by atomic mass is 10.1. The molecule has 0 radical (unpaired) electrons. The SMILES string of the molecule is CCc1nc(C(C)C)nc2[nH]cc(CCC(=O)O)c12. The van der Waals surface area contributed by atoms with Crippen molar-refractivity contribution in [2.45, 2.75) is 46.0 Å². The summed E-state index contributed by atoms with van der Waals surface area (Å²) in [6, 6.07) is 0. The van der Waals surface area contributed by atoms with Crippen LogP contribution in [-0.4, -0.2) is 26.0 Å². The predicted molar refractivity (Wildman–Crippen MR) is 73.3 cm³/mol. The van der Waals surface area contributed by atoms with Gasteiger partial charge in [-0.05, 0) is 18.4 Å². The molecule has 2 heterocycles. The van der Waals surface area contributed by atoms with Crippen LogP contribution in [0.2, 0.25) is 0 Å². The van der Waals surface area contributed by atoms with Gasteiger partial charge in [-0.1, -0.05) is 20.8 Å². The van der Waals surface area contributed by atoms with Crippen LogP contribution in [0.15, 0.2) is 6.20 Å². The summed E-state index contributed by atoms with van der Waals surface area (Å²) in [6.45, 7) is 6.18. The van der Waals surface area contributed by atoms with Gasteiger partial charge in [-0.2, -0.15) is 0 Å². The van der Waals surface area contributed by atoms with E-state index in [4.69, 9.17) is 5.11 Å². The lowest BCUT2D eigenvalue weighted by molar-refractivity contribution is -0.136. The Morgan fingerprint density at radius 3 is 2.74 bits per heavy atom. The largest absolute Gasteiger partial charge is 0.481 e. The summed E-state index contributed by atoms with van der Waals surface area (Å²) in [5, 5.41) is 9.78. The average molecular weight is 261 g/mol. The smallest absolute Gasteiger partial charge is 0.303 e. The molecule has 0 aliphatic heterocycles. The van der Waals surface area contributed by atoms with Crippen LogP contribution in [0.5, 0.6) is 0 Å². The standard InChI is InChI=1S/C14H19N3O2/c1-4-10-12-9(5-6-11(18)19)7-15-14(12)17-13(16-10)8(2)3/h7-8H,4-6H2,1-3H3,(H,18,19)(H,15,16,17). The maximum Gasteiger partial charge on any atom is 0.303 e. The number of nitrogens with one attached hydrogen (secondary N) is 1. The third-order valence-electron chi connectivity index (χ3n) is 3.16. The quantitative estimate of drug-likeness (QED) is 0.867. The first kappa shape index (κ1) is 13.5. The second-order valence-electron chi connectivity index (χ2n) is 4.97. The third-order valence-corrected chi connectivity index (χ3v) is 3.16. The number of aryl methyl sites for hydroxylation is 2. The molecular formula is C14H19N3O2. The Balaban J connectivity index is 2.48. The minimum Gasteiger partial charge on any atom is -0.481 e. The van der Waals surface area contributed by atoms with Crippen molar-refractivity contribution in [3.05, 3.63) is 23.3 Å². The molecule has 0 unspecified atom stereocenters. The summed E-state index contributed by atoms with van der Waals surface area (Å²) in [7, 11) is 0. The van der Waals surface area contributed by atoms with Gasteiger partial charge in [-0.25, -0.2) is 9.97 Å².